The van der Waals surface area contributed by atoms with Crippen LogP contribution in [0.3, 0.4) is 0 Å². The summed E-state index contributed by atoms with van der Waals surface area (Å²) in [6.45, 7) is 0.573. The van der Waals surface area contributed by atoms with Crippen LogP contribution in [-0.4, -0.2) is 36.4 Å². The van der Waals surface area contributed by atoms with Crippen molar-refractivity contribution in [1.29, 1.82) is 0 Å². The minimum Gasteiger partial charge on any atom is -0.343 e. The number of amides is 1. The first-order valence-corrected chi connectivity index (χ1v) is 4.89. The summed E-state index contributed by atoms with van der Waals surface area (Å²) in [5.41, 5.74) is 5.89. The normalized spacial score (nSPS) is 10.1. The summed E-state index contributed by atoms with van der Waals surface area (Å²) in [6.07, 6.45) is 0.741. The fraction of sp³-hybridized carbons (Fsp3) is 0.500. The number of aromatic nitrogens is 1. The zero-order valence-electron chi connectivity index (χ0n) is 7.78. The Morgan fingerprint density at radius 2 is 2.38 bits per heavy atom. The van der Waals surface area contributed by atoms with Gasteiger partial charge in [0.1, 0.15) is 5.69 Å². The third kappa shape index (κ3) is 2.50. The Balaban J connectivity index is 2.73. The Morgan fingerprint density at radius 3 is 2.92 bits per heavy atom. The number of carbonyl (C=O) groups is 1. The van der Waals surface area contributed by atoms with Crippen LogP contribution in [0.25, 0.3) is 0 Å². The minimum absolute atomic E-state index is 0.0560. The number of hydrogen-bond donors (Lipinski definition) is 1. The zero-order valence-corrected chi connectivity index (χ0v) is 8.60. The van der Waals surface area contributed by atoms with Crippen LogP contribution in [-0.2, 0) is 6.42 Å². The van der Waals surface area contributed by atoms with Gasteiger partial charge in [0, 0.05) is 25.9 Å². The molecule has 0 atom stereocenters. The lowest BCUT2D eigenvalue weighted by atomic mass is 10.4. The highest BCUT2D eigenvalue weighted by Gasteiger charge is 2.11. The van der Waals surface area contributed by atoms with E-state index in [-0.39, 0.29) is 5.91 Å². The van der Waals surface area contributed by atoms with Crippen LogP contribution in [0.4, 0.5) is 0 Å². The second kappa shape index (κ2) is 4.34. The lowest BCUT2D eigenvalue weighted by molar-refractivity contribution is 0.0822. The molecule has 1 aromatic rings. The Kier molecular flexibility index (Phi) is 3.39. The maximum absolute atomic E-state index is 11.4. The number of hydrogen-bond acceptors (Lipinski definition) is 4. The molecule has 0 saturated heterocycles. The molecule has 1 rings (SSSR count). The summed E-state index contributed by atoms with van der Waals surface area (Å²) in [5.74, 6) is -0.0560. The van der Waals surface area contributed by atoms with Crippen molar-refractivity contribution in [3.63, 3.8) is 0 Å². The maximum atomic E-state index is 11.4. The Bertz CT molecular complexity index is 295. The summed E-state index contributed by atoms with van der Waals surface area (Å²) in [5, 5.41) is 2.69. The maximum Gasteiger partial charge on any atom is 0.272 e. The van der Waals surface area contributed by atoms with Crippen LogP contribution in [0.15, 0.2) is 5.38 Å². The molecule has 1 aromatic heterocycles. The van der Waals surface area contributed by atoms with Crippen LogP contribution in [0.1, 0.15) is 15.5 Å². The van der Waals surface area contributed by atoms with E-state index in [0.717, 1.165) is 11.4 Å². The van der Waals surface area contributed by atoms with Gasteiger partial charge in [0.2, 0.25) is 0 Å². The second-order valence-corrected chi connectivity index (χ2v) is 3.81. The smallest absolute Gasteiger partial charge is 0.272 e. The van der Waals surface area contributed by atoms with E-state index in [0.29, 0.717) is 12.2 Å². The fourth-order valence-corrected chi connectivity index (χ4v) is 1.66. The van der Waals surface area contributed by atoms with Gasteiger partial charge in [-0.2, -0.15) is 0 Å². The van der Waals surface area contributed by atoms with Gasteiger partial charge in [0.05, 0.1) is 5.01 Å². The number of nitrogens with two attached hydrogens (primary N) is 1. The van der Waals surface area contributed by atoms with Crippen molar-refractivity contribution in [3.05, 3.63) is 16.1 Å². The first-order chi connectivity index (χ1) is 6.15. The van der Waals surface area contributed by atoms with Crippen molar-refractivity contribution in [2.45, 2.75) is 6.42 Å². The summed E-state index contributed by atoms with van der Waals surface area (Å²) in [6, 6.07) is 0. The second-order valence-electron chi connectivity index (χ2n) is 2.86. The molecule has 1 amide bonds. The molecule has 2 N–H and O–H groups in total. The highest BCUT2D eigenvalue weighted by atomic mass is 32.1. The van der Waals surface area contributed by atoms with E-state index in [2.05, 4.69) is 4.98 Å². The molecular formula is C8H13N3OS. The average molecular weight is 199 g/mol. The van der Waals surface area contributed by atoms with Crippen molar-refractivity contribution in [3.8, 4) is 0 Å². The first kappa shape index (κ1) is 10.1. The quantitative estimate of drug-likeness (QED) is 0.764. The van der Waals surface area contributed by atoms with Crippen molar-refractivity contribution >= 4 is 17.2 Å². The molecule has 72 valence electrons. The molecular weight excluding hydrogens is 186 g/mol. The number of carbonyl (C=O) groups excluding carboxylic acids is 1. The Hall–Kier alpha value is -0.940. The molecule has 0 aromatic carbocycles. The summed E-state index contributed by atoms with van der Waals surface area (Å²) >= 11 is 1.48. The lowest BCUT2D eigenvalue weighted by Gasteiger charge is -2.06. The van der Waals surface area contributed by atoms with E-state index in [9.17, 15) is 4.79 Å². The van der Waals surface area contributed by atoms with E-state index in [1.54, 1.807) is 19.5 Å². The van der Waals surface area contributed by atoms with Crippen molar-refractivity contribution in [1.82, 2.24) is 9.88 Å². The SMILES string of the molecule is CN(C)C(=O)c1csc(CCN)n1. The highest BCUT2D eigenvalue weighted by molar-refractivity contribution is 7.09. The standard InChI is InChI=1S/C8H13N3OS/c1-11(2)8(12)6-5-13-7(10-6)3-4-9/h5H,3-4,9H2,1-2H3. The van der Waals surface area contributed by atoms with Crippen LogP contribution in [0.2, 0.25) is 0 Å². The van der Waals surface area contributed by atoms with Gasteiger partial charge in [0.15, 0.2) is 0 Å². The van der Waals surface area contributed by atoms with Crippen LogP contribution >= 0.6 is 11.3 Å². The molecule has 0 fully saturated rings. The molecule has 0 radical (unpaired) electrons. The Labute approximate surface area is 81.4 Å². The third-order valence-corrected chi connectivity index (χ3v) is 2.44. The summed E-state index contributed by atoms with van der Waals surface area (Å²) < 4.78 is 0. The predicted octanol–water partition coefficient (Wildman–Crippen LogP) is 0.346. The molecule has 4 nitrogen and oxygen atoms in total. The molecule has 13 heavy (non-hydrogen) atoms. The predicted molar refractivity (Wildman–Crippen MR) is 52.9 cm³/mol. The molecule has 0 bridgehead atoms. The summed E-state index contributed by atoms with van der Waals surface area (Å²) in [7, 11) is 3.43. The van der Waals surface area contributed by atoms with Gasteiger partial charge in [-0.15, -0.1) is 11.3 Å². The van der Waals surface area contributed by atoms with Crippen molar-refractivity contribution < 1.29 is 4.79 Å². The zero-order chi connectivity index (χ0) is 9.84. The first-order valence-electron chi connectivity index (χ1n) is 4.01. The molecule has 0 spiro atoms. The molecule has 0 aliphatic rings. The molecule has 0 aliphatic heterocycles. The van der Waals surface area contributed by atoms with Gasteiger partial charge >= 0.3 is 0 Å². The molecule has 5 heteroatoms. The molecule has 0 aliphatic carbocycles. The van der Waals surface area contributed by atoms with E-state index in [1.165, 1.54) is 16.2 Å². The number of thiazole rings is 1. The number of rotatable bonds is 3. The lowest BCUT2D eigenvalue weighted by Crippen LogP contribution is -2.22. The fourth-order valence-electron chi connectivity index (χ4n) is 0.877. The van der Waals surface area contributed by atoms with Gasteiger partial charge in [0.25, 0.3) is 5.91 Å². The van der Waals surface area contributed by atoms with E-state index < -0.39 is 0 Å². The molecule has 0 saturated carbocycles. The van der Waals surface area contributed by atoms with Gasteiger partial charge in [-0.05, 0) is 6.54 Å². The molecule has 0 unspecified atom stereocenters. The largest absolute Gasteiger partial charge is 0.343 e. The van der Waals surface area contributed by atoms with Gasteiger partial charge < -0.3 is 10.6 Å². The van der Waals surface area contributed by atoms with Crippen LogP contribution < -0.4 is 5.73 Å². The van der Waals surface area contributed by atoms with Crippen LogP contribution in [0.5, 0.6) is 0 Å². The van der Waals surface area contributed by atoms with E-state index in [1.807, 2.05) is 0 Å². The monoisotopic (exact) mass is 199 g/mol. The van der Waals surface area contributed by atoms with Crippen LogP contribution in [0, 0.1) is 0 Å². The number of nitrogens with zero attached hydrogens (tertiary/aromatic N) is 2. The minimum atomic E-state index is -0.0560. The summed E-state index contributed by atoms with van der Waals surface area (Å²) in [4.78, 5) is 17.1. The molecule has 1 heterocycles. The van der Waals surface area contributed by atoms with Gasteiger partial charge in [-0.1, -0.05) is 0 Å². The highest BCUT2D eigenvalue weighted by Crippen LogP contribution is 2.10. The van der Waals surface area contributed by atoms with Gasteiger partial charge in [-0.25, -0.2) is 4.98 Å². The average Bonchev–Trinajstić information content (AvgIpc) is 2.52. The van der Waals surface area contributed by atoms with E-state index in [4.69, 9.17) is 5.73 Å². The van der Waals surface area contributed by atoms with Crippen molar-refractivity contribution in [2.75, 3.05) is 20.6 Å². The topological polar surface area (TPSA) is 59.2 Å². The third-order valence-electron chi connectivity index (χ3n) is 1.54. The van der Waals surface area contributed by atoms with Gasteiger partial charge in [-0.3, -0.25) is 4.79 Å². The van der Waals surface area contributed by atoms with E-state index >= 15 is 0 Å². The van der Waals surface area contributed by atoms with Crippen molar-refractivity contribution in [2.24, 2.45) is 5.73 Å². The Morgan fingerprint density at radius 1 is 1.69 bits per heavy atom.